The highest BCUT2D eigenvalue weighted by Crippen LogP contribution is 2.27. The number of nitrogens with zero attached hydrogens (tertiary/aromatic N) is 1. The van der Waals surface area contributed by atoms with Gasteiger partial charge in [-0.25, -0.2) is 4.79 Å². The van der Waals surface area contributed by atoms with Gasteiger partial charge in [0.05, 0.1) is 5.56 Å². The van der Waals surface area contributed by atoms with Gasteiger partial charge in [0.1, 0.15) is 0 Å². The van der Waals surface area contributed by atoms with E-state index in [-0.39, 0.29) is 17.2 Å². The molecule has 1 aromatic heterocycles. The van der Waals surface area contributed by atoms with Gasteiger partial charge in [-0.3, -0.25) is 4.79 Å². The van der Waals surface area contributed by atoms with E-state index in [0.29, 0.717) is 11.3 Å². The molecule has 0 atom stereocenters. The molecular weight excluding hydrogens is 250 g/mol. The molecule has 0 bridgehead atoms. The number of hydrogen-bond acceptors (Lipinski definition) is 3. The van der Waals surface area contributed by atoms with Crippen molar-refractivity contribution in [1.82, 2.24) is 4.57 Å². The molecule has 0 radical (unpaired) electrons. The van der Waals surface area contributed by atoms with Crippen molar-refractivity contribution in [3.05, 3.63) is 33.2 Å². The van der Waals surface area contributed by atoms with Crippen LogP contribution in [0, 0.1) is 13.8 Å². The predicted molar refractivity (Wildman–Crippen MR) is 72.7 cm³/mol. The molecule has 0 unspecified atom stereocenters. The molecular formula is C13H17NO3S. The Morgan fingerprint density at radius 1 is 1.39 bits per heavy atom. The lowest BCUT2D eigenvalue weighted by molar-refractivity contribution is 0.0693. The van der Waals surface area contributed by atoms with Crippen molar-refractivity contribution >= 4 is 17.7 Å². The average molecular weight is 267 g/mol. The molecule has 1 aliphatic rings. The Bertz CT molecular complexity index is 530. The lowest BCUT2D eigenvalue weighted by Gasteiger charge is -2.26. The van der Waals surface area contributed by atoms with Crippen LogP contribution in [0.2, 0.25) is 0 Å². The molecule has 0 saturated carbocycles. The number of rotatable bonds is 2. The minimum atomic E-state index is -0.955. The fourth-order valence-electron chi connectivity index (χ4n) is 2.62. The number of carboxylic acids is 1. The maximum atomic E-state index is 12.1. The van der Waals surface area contributed by atoms with E-state index >= 15 is 0 Å². The summed E-state index contributed by atoms with van der Waals surface area (Å²) in [5.74, 6) is 1.11. The highest BCUT2D eigenvalue weighted by atomic mass is 32.2. The highest BCUT2D eigenvalue weighted by molar-refractivity contribution is 7.99. The molecule has 1 aromatic rings. The molecule has 0 amide bonds. The summed E-state index contributed by atoms with van der Waals surface area (Å²) in [6.07, 6.45) is 1.88. The number of aryl methyl sites for hydroxylation is 1. The largest absolute Gasteiger partial charge is 0.478 e. The van der Waals surface area contributed by atoms with Crippen LogP contribution in [0.5, 0.6) is 0 Å². The van der Waals surface area contributed by atoms with Crippen LogP contribution >= 0.6 is 11.8 Å². The minimum absolute atomic E-state index is 0.0769. The van der Waals surface area contributed by atoms with Gasteiger partial charge in [0, 0.05) is 17.8 Å². The average Bonchev–Trinajstić information content (AvgIpc) is 2.28. The summed E-state index contributed by atoms with van der Waals surface area (Å²) >= 11 is 1.89. The molecule has 98 valence electrons. The first-order valence-electron chi connectivity index (χ1n) is 6.06. The van der Waals surface area contributed by atoms with Gasteiger partial charge in [-0.05, 0) is 43.8 Å². The molecule has 1 N–H and O–H groups in total. The van der Waals surface area contributed by atoms with E-state index in [0.717, 1.165) is 24.3 Å². The lowest BCUT2D eigenvalue weighted by Crippen LogP contribution is -2.31. The molecule has 1 aliphatic heterocycles. The highest BCUT2D eigenvalue weighted by Gasteiger charge is 2.22. The Hall–Kier alpha value is -1.23. The Morgan fingerprint density at radius 3 is 2.56 bits per heavy atom. The summed E-state index contributed by atoms with van der Waals surface area (Å²) in [5, 5.41) is 9.24. The van der Waals surface area contributed by atoms with Gasteiger partial charge in [0.15, 0.2) is 0 Å². The number of pyridine rings is 1. The van der Waals surface area contributed by atoms with Crippen molar-refractivity contribution in [2.45, 2.75) is 32.7 Å². The van der Waals surface area contributed by atoms with Crippen molar-refractivity contribution in [2.24, 2.45) is 0 Å². The van der Waals surface area contributed by atoms with Gasteiger partial charge >= 0.3 is 5.97 Å². The summed E-state index contributed by atoms with van der Waals surface area (Å²) in [4.78, 5) is 23.4. The fraction of sp³-hybridized carbons (Fsp3) is 0.538. The normalized spacial score (nSPS) is 16.8. The molecule has 0 aliphatic carbocycles. The van der Waals surface area contributed by atoms with E-state index in [4.69, 9.17) is 0 Å². The zero-order chi connectivity index (χ0) is 13.3. The van der Waals surface area contributed by atoms with Crippen LogP contribution in [-0.4, -0.2) is 27.1 Å². The Labute approximate surface area is 110 Å². The van der Waals surface area contributed by atoms with Gasteiger partial charge in [-0.15, -0.1) is 0 Å². The molecule has 5 heteroatoms. The van der Waals surface area contributed by atoms with Crippen LogP contribution < -0.4 is 5.56 Å². The summed E-state index contributed by atoms with van der Waals surface area (Å²) in [6, 6.07) is 1.59. The number of aromatic carboxylic acids is 1. The second kappa shape index (κ2) is 5.18. The molecule has 0 spiro atoms. The first kappa shape index (κ1) is 13.2. The molecule has 18 heavy (non-hydrogen) atoms. The van der Waals surface area contributed by atoms with Crippen LogP contribution in [0.1, 0.15) is 40.5 Å². The third-order valence-corrected chi connectivity index (χ3v) is 4.51. The van der Waals surface area contributed by atoms with Crippen LogP contribution in [0.25, 0.3) is 0 Å². The van der Waals surface area contributed by atoms with Crippen molar-refractivity contribution in [2.75, 3.05) is 11.5 Å². The van der Waals surface area contributed by atoms with Gasteiger partial charge < -0.3 is 9.67 Å². The van der Waals surface area contributed by atoms with Crippen LogP contribution in [-0.2, 0) is 0 Å². The van der Waals surface area contributed by atoms with Gasteiger partial charge in [-0.2, -0.15) is 11.8 Å². The smallest absolute Gasteiger partial charge is 0.337 e. The maximum Gasteiger partial charge on any atom is 0.337 e. The second-order valence-corrected chi connectivity index (χ2v) is 5.87. The van der Waals surface area contributed by atoms with E-state index < -0.39 is 5.97 Å². The Kier molecular flexibility index (Phi) is 3.80. The number of carbonyl (C=O) groups is 1. The summed E-state index contributed by atoms with van der Waals surface area (Å²) < 4.78 is 1.68. The number of thioether (sulfide) groups is 1. The third-order valence-electron chi connectivity index (χ3n) is 3.46. The zero-order valence-electron chi connectivity index (χ0n) is 10.6. The number of carboxylic acid groups (broad SMARTS) is 1. The Morgan fingerprint density at radius 2 is 2.00 bits per heavy atom. The van der Waals surface area contributed by atoms with Crippen LogP contribution in [0.15, 0.2) is 10.9 Å². The predicted octanol–water partition coefficient (Wildman–Crippen LogP) is 2.23. The quantitative estimate of drug-likeness (QED) is 0.892. The zero-order valence-corrected chi connectivity index (χ0v) is 11.4. The summed E-state index contributed by atoms with van der Waals surface area (Å²) in [5.41, 5.74) is 1.33. The van der Waals surface area contributed by atoms with Crippen molar-refractivity contribution in [1.29, 1.82) is 0 Å². The first-order chi connectivity index (χ1) is 8.52. The van der Waals surface area contributed by atoms with E-state index in [1.807, 2.05) is 11.8 Å². The van der Waals surface area contributed by atoms with Gasteiger partial charge in [-0.1, -0.05) is 0 Å². The van der Waals surface area contributed by atoms with E-state index in [1.54, 1.807) is 18.4 Å². The van der Waals surface area contributed by atoms with Crippen molar-refractivity contribution in [3.8, 4) is 0 Å². The van der Waals surface area contributed by atoms with Gasteiger partial charge in [0.2, 0.25) is 0 Å². The minimum Gasteiger partial charge on any atom is -0.478 e. The fourth-order valence-corrected chi connectivity index (χ4v) is 3.70. The van der Waals surface area contributed by atoms with E-state index in [2.05, 4.69) is 0 Å². The molecule has 2 rings (SSSR count). The summed E-state index contributed by atoms with van der Waals surface area (Å²) in [6.45, 7) is 3.42. The number of hydrogen-bond donors (Lipinski definition) is 1. The SMILES string of the molecule is Cc1cc(=O)n(C2CCSCC2)c(C)c1C(=O)O. The molecule has 1 saturated heterocycles. The van der Waals surface area contributed by atoms with Crippen LogP contribution in [0.4, 0.5) is 0 Å². The number of aromatic nitrogens is 1. The monoisotopic (exact) mass is 267 g/mol. The molecule has 0 aromatic carbocycles. The summed E-state index contributed by atoms with van der Waals surface area (Å²) in [7, 11) is 0. The lowest BCUT2D eigenvalue weighted by atomic mass is 10.0. The van der Waals surface area contributed by atoms with E-state index in [9.17, 15) is 14.7 Å². The maximum absolute atomic E-state index is 12.1. The Balaban J connectivity index is 2.56. The molecule has 2 heterocycles. The topological polar surface area (TPSA) is 59.3 Å². The first-order valence-corrected chi connectivity index (χ1v) is 7.21. The second-order valence-electron chi connectivity index (χ2n) is 4.64. The van der Waals surface area contributed by atoms with Crippen LogP contribution in [0.3, 0.4) is 0 Å². The standard InChI is InChI=1S/C13H17NO3S/c1-8-7-11(15)14(9(2)12(8)13(16)17)10-3-5-18-6-4-10/h7,10H,3-6H2,1-2H3,(H,16,17). The van der Waals surface area contributed by atoms with Gasteiger partial charge in [0.25, 0.3) is 5.56 Å². The molecule has 1 fully saturated rings. The molecule has 4 nitrogen and oxygen atoms in total. The van der Waals surface area contributed by atoms with Crippen molar-refractivity contribution < 1.29 is 9.90 Å². The van der Waals surface area contributed by atoms with E-state index in [1.165, 1.54) is 6.07 Å². The third kappa shape index (κ3) is 2.32. The van der Waals surface area contributed by atoms with Crippen molar-refractivity contribution in [3.63, 3.8) is 0 Å².